The van der Waals surface area contributed by atoms with Crippen LogP contribution in [0.15, 0.2) is 16.3 Å². The Morgan fingerprint density at radius 3 is 2.78 bits per heavy atom. The number of ether oxygens (including phenoxy) is 1. The molecule has 0 bridgehead atoms. The monoisotopic (exact) mass is 293 g/mol. The van der Waals surface area contributed by atoms with E-state index in [4.69, 9.17) is 9.84 Å². The van der Waals surface area contributed by atoms with Gasteiger partial charge in [0.2, 0.25) is 10.0 Å². The van der Waals surface area contributed by atoms with Crippen LogP contribution in [0.1, 0.15) is 23.0 Å². The molecule has 1 atom stereocenters. The van der Waals surface area contributed by atoms with E-state index in [1.165, 1.54) is 5.38 Å². The maximum atomic E-state index is 11.9. The van der Waals surface area contributed by atoms with Crippen molar-refractivity contribution in [1.29, 1.82) is 0 Å². The van der Waals surface area contributed by atoms with Crippen LogP contribution in [0.3, 0.4) is 0 Å². The first kappa shape index (κ1) is 15.1. The molecule has 102 valence electrons. The first-order valence-electron chi connectivity index (χ1n) is 5.20. The molecule has 1 heterocycles. The lowest BCUT2D eigenvalue weighted by molar-refractivity contribution is 0.0702. The summed E-state index contributed by atoms with van der Waals surface area (Å²) < 4.78 is 31.1. The van der Waals surface area contributed by atoms with Crippen LogP contribution in [0.4, 0.5) is 0 Å². The Hall–Kier alpha value is -0.960. The zero-order chi connectivity index (χ0) is 13.8. The fourth-order valence-electron chi connectivity index (χ4n) is 1.26. The van der Waals surface area contributed by atoms with Gasteiger partial charge < -0.3 is 9.84 Å². The van der Waals surface area contributed by atoms with Gasteiger partial charge in [-0.2, -0.15) is 0 Å². The number of hydrogen-bond acceptors (Lipinski definition) is 5. The van der Waals surface area contributed by atoms with E-state index in [-0.39, 0.29) is 15.8 Å². The van der Waals surface area contributed by atoms with Gasteiger partial charge in [0.25, 0.3) is 0 Å². The first-order valence-corrected chi connectivity index (χ1v) is 7.56. The minimum Gasteiger partial charge on any atom is -0.477 e. The van der Waals surface area contributed by atoms with E-state index in [9.17, 15) is 13.2 Å². The maximum Gasteiger partial charge on any atom is 0.345 e. The fourth-order valence-corrected chi connectivity index (χ4v) is 3.65. The smallest absolute Gasteiger partial charge is 0.345 e. The predicted molar refractivity (Wildman–Crippen MR) is 67.6 cm³/mol. The van der Waals surface area contributed by atoms with Crippen LogP contribution in [0.2, 0.25) is 0 Å². The number of sulfonamides is 1. The van der Waals surface area contributed by atoms with Gasteiger partial charge in [0.05, 0.1) is 4.90 Å². The summed E-state index contributed by atoms with van der Waals surface area (Å²) in [5.74, 6) is -1.13. The summed E-state index contributed by atoms with van der Waals surface area (Å²) >= 11 is 0.886. The molecule has 8 heteroatoms. The van der Waals surface area contributed by atoms with Gasteiger partial charge >= 0.3 is 5.97 Å². The zero-order valence-electron chi connectivity index (χ0n) is 10.0. The van der Waals surface area contributed by atoms with E-state index in [2.05, 4.69) is 4.72 Å². The maximum absolute atomic E-state index is 11.9. The lowest BCUT2D eigenvalue weighted by atomic mass is 10.3. The normalized spacial score (nSPS) is 13.4. The minimum atomic E-state index is -3.66. The highest BCUT2D eigenvalue weighted by molar-refractivity contribution is 7.89. The molecule has 0 saturated heterocycles. The van der Waals surface area contributed by atoms with Gasteiger partial charge in [-0.1, -0.05) is 0 Å². The van der Waals surface area contributed by atoms with Crippen molar-refractivity contribution in [3.05, 3.63) is 16.3 Å². The topological polar surface area (TPSA) is 92.7 Å². The molecular formula is C10H15NO5S2. The molecule has 0 spiro atoms. The molecule has 1 rings (SSSR count). The quantitative estimate of drug-likeness (QED) is 0.786. The first-order chi connectivity index (χ1) is 8.36. The standard InChI is InChI=1S/C10H15NO5S2/c1-7(3-4-16-2)11-18(14,15)8-5-9(10(12)13)17-6-8/h5-7,11H,3-4H2,1-2H3,(H,12,13). The zero-order valence-corrected chi connectivity index (χ0v) is 11.7. The summed E-state index contributed by atoms with van der Waals surface area (Å²) in [7, 11) is -2.12. The van der Waals surface area contributed by atoms with Crippen molar-refractivity contribution in [2.24, 2.45) is 0 Å². The third kappa shape index (κ3) is 4.05. The van der Waals surface area contributed by atoms with Crippen LogP contribution in [-0.2, 0) is 14.8 Å². The second kappa shape index (κ2) is 6.28. The average Bonchev–Trinajstić information content (AvgIpc) is 2.75. The predicted octanol–water partition coefficient (Wildman–Crippen LogP) is 1.15. The van der Waals surface area contributed by atoms with E-state index in [0.717, 1.165) is 17.4 Å². The molecule has 18 heavy (non-hydrogen) atoms. The number of hydrogen-bond donors (Lipinski definition) is 2. The van der Waals surface area contributed by atoms with Crippen molar-refractivity contribution in [3.8, 4) is 0 Å². The lowest BCUT2D eigenvalue weighted by Gasteiger charge is -2.12. The van der Waals surface area contributed by atoms with Crippen molar-refractivity contribution in [3.63, 3.8) is 0 Å². The van der Waals surface area contributed by atoms with Crippen molar-refractivity contribution in [1.82, 2.24) is 4.72 Å². The minimum absolute atomic E-state index is 0.0000745. The summed E-state index contributed by atoms with van der Waals surface area (Å²) in [5, 5.41) is 10.1. The third-order valence-corrected chi connectivity index (χ3v) is 4.84. The van der Waals surface area contributed by atoms with Gasteiger partial charge in [-0.05, 0) is 19.4 Å². The van der Waals surface area contributed by atoms with Gasteiger partial charge in [0.15, 0.2) is 0 Å². The van der Waals surface area contributed by atoms with Crippen LogP contribution >= 0.6 is 11.3 Å². The molecule has 0 aliphatic heterocycles. The van der Waals surface area contributed by atoms with Crippen LogP contribution in [-0.4, -0.2) is 39.3 Å². The van der Waals surface area contributed by atoms with Gasteiger partial charge in [-0.25, -0.2) is 17.9 Å². The Morgan fingerprint density at radius 2 is 2.28 bits per heavy atom. The molecule has 1 aromatic rings. The molecule has 0 amide bonds. The molecule has 1 aromatic heterocycles. The van der Waals surface area contributed by atoms with E-state index in [1.54, 1.807) is 14.0 Å². The van der Waals surface area contributed by atoms with Crippen molar-refractivity contribution >= 4 is 27.3 Å². The van der Waals surface area contributed by atoms with Crippen LogP contribution in [0.25, 0.3) is 0 Å². The van der Waals surface area contributed by atoms with E-state index in [0.29, 0.717) is 13.0 Å². The number of nitrogens with one attached hydrogen (secondary N) is 1. The molecule has 6 nitrogen and oxygen atoms in total. The largest absolute Gasteiger partial charge is 0.477 e. The molecule has 0 aromatic carbocycles. The Bertz CT molecular complexity index is 508. The molecule has 0 aliphatic carbocycles. The lowest BCUT2D eigenvalue weighted by Crippen LogP contribution is -2.33. The summed E-state index contributed by atoms with van der Waals surface area (Å²) in [4.78, 5) is 10.7. The molecule has 2 N–H and O–H groups in total. The number of carboxylic acid groups (broad SMARTS) is 1. The Labute approximate surface area is 110 Å². The van der Waals surface area contributed by atoms with E-state index in [1.807, 2.05) is 0 Å². The van der Waals surface area contributed by atoms with Gasteiger partial charge in [0.1, 0.15) is 4.88 Å². The highest BCUT2D eigenvalue weighted by Gasteiger charge is 2.20. The second-order valence-electron chi connectivity index (χ2n) is 3.76. The number of aromatic carboxylic acids is 1. The molecule has 0 fully saturated rings. The van der Waals surface area contributed by atoms with Crippen LogP contribution < -0.4 is 4.72 Å². The molecule has 1 unspecified atom stereocenters. The van der Waals surface area contributed by atoms with Crippen molar-refractivity contribution in [2.45, 2.75) is 24.3 Å². The number of rotatable bonds is 7. The van der Waals surface area contributed by atoms with E-state index < -0.39 is 16.0 Å². The Balaban J connectivity index is 2.76. The summed E-state index contributed by atoms with van der Waals surface area (Å²) in [6, 6.07) is 0.876. The SMILES string of the molecule is COCCC(C)NS(=O)(=O)c1csc(C(=O)O)c1. The van der Waals surface area contributed by atoms with E-state index >= 15 is 0 Å². The molecule has 0 radical (unpaired) electrons. The Morgan fingerprint density at radius 1 is 1.61 bits per heavy atom. The number of methoxy groups -OCH3 is 1. The van der Waals surface area contributed by atoms with Gasteiger partial charge in [-0.3, -0.25) is 0 Å². The fraction of sp³-hybridized carbons (Fsp3) is 0.500. The highest BCUT2D eigenvalue weighted by atomic mass is 32.2. The van der Waals surface area contributed by atoms with Crippen LogP contribution in [0, 0.1) is 0 Å². The molecule has 0 saturated carbocycles. The third-order valence-electron chi connectivity index (χ3n) is 2.21. The van der Waals surface area contributed by atoms with Crippen LogP contribution in [0.5, 0.6) is 0 Å². The van der Waals surface area contributed by atoms with Gasteiger partial charge in [0, 0.05) is 25.1 Å². The Kier molecular flexibility index (Phi) is 5.27. The number of carbonyl (C=O) groups is 1. The van der Waals surface area contributed by atoms with Gasteiger partial charge in [-0.15, -0.1) is 11.3 Å². The summed E-state index contributed by atoms with van der Waals surface area (Å²) in [6.07, 6.45) is 0.547. The van der Waals surface area contributed by atoms with Crippen molar-refractivity contribution in [2.75, 3.05) is 13.7 Å². The second-order valence-corrected chi connectivity index (χ2v) is 6.38. The summed E-state index contributed by atoms with van der Waals surface area (Å²) in [6.45, 7) is 2.18. The number of thiophene rings is 1. The molecular weight excluding hydrogens is 278 g/mol. The average molecular weight is 293 g/mol. The van der Waals surface area contributed by atoms with Crippen molar-refractivity contribution < 1.29 is 23.1 Å². The summed E-state index contributed by atoms with van der Waals surface area (Å²) in [5.41, 5.74) is 0. The molecule has 0 aliphatic rings. The highest BCUT2D eigenvalue weighted by Crippen LogP contribution is 2.19. The number of carboxylic acids is 1.